The van der Waals surface area contributed by atoms with Gasteiger partial charge < -0.3 is 15.9 Å². The molecule has 0 saturated carbocycles. The van der Waals surface area contributed by atoms with Crippen LogP contribution in [0.2, 0.25) is 0 Å². The Morgan fingerprint density at radius 1 is 1.00 bits per heavy atom. The van der Waals surface area contributed by atoms with E-state index in [4.69, 9.17) is 5.73 Å². The Morgan fingerprint density at radius 2 is 1.47 bits per heavy atom. The van der Waals surface area contributed by atoms with Crippen molar-refractivity contribution in [1.29, 1.82) is 0 Å². The van der Waals surface area contributed by atoms with Gasteiger partial charge in [-0.25, -0.2) is 0 Å². The third kappa shape index (κ3) is 9.34. The largest absolute Gasteiger partial charge is 0.365 e. The normalized spacial score (nSPS) is 20.2. The fourth-order valence-electron chi connectivity index (χ4n) is 4.92. The van der Waals surface area contributed by atoms with Gasteiger partial charge in [-0.1, -0.05) is 121 Å². The molecule has 0 fully saturated rings. The number of carbonyl (C=O) groups excluding carboxylic acids is 1. The number of carbonyl (C=O) groups is 1. The maximum Gasteiger partial charge on any atom is 0.277 e. The number of primary amides is 1. The third-order valence-electron chi connectivity index (χ3n) is 6.76. The summed E-state index contributed by atoms with van der Waals surface area (Å²) < 4.78 is 0. The zero-order valence-electron chi connectivity index (χ0n) is 19.8. The Balaban J connectivity index is 2.29. The van der Waals surface area contributed by atoms with E-state index >= 15 is 0 Å². The van der Waals surface area contributed by atoms with Crippen LogP contribution in [0.3, 0.4) is 0 Å². The molecular formula is C26H47NO3. The number of unbranched alkanes of at least 4 members (excludes halogenated alkanes) is 12. The van der Waals surface area contributed by atoms with Crippen LogP contribution in [0, 0.1) is 11.3 Å². The van der Waals surface area contributed by atoms with Gasteiger partial charge >= 0.3 is 0 Å². The molecule has 0 saturated heterocycles. The van der Waals surface area contributed by atoms with Crippen molar-refractivity contribution in [2.75, 3.05) is 0 Å². The molecule has 0 bridgehead atoms. The minimum absolute atomic E-state index is 0.478. The summed E-state index contributed by atoms with van der Waals surface area (Å²) in [5.74, 6) is -4.13. The summed E-state index contributed by atoms with van der Waals surface area (Å²) in [4.78, 5) is 11.7. The van der Waals surface area contributed by atoms with E-state index in [1.165, 1.54) is 69.8 Å². The molecule has 1 amide bonds. The van der Waals surface area contributed by atoms with E-state index in [0.717, 1.165) is 19.3 Å². The van der Waals surface area contributed by atoms with E-state index in [1.54, 1.807) is 0 Å². The monoisotopic (exact) mass is 421 g/mol. The number of rotatable bonds is 17. The molecule has 4 N–H and O–H groups in total. The molecule has 0 aromatic carbocycles. The van der Waals surface area contributed by atoms with Crippen LogP contribution in [0.1, 0.15) is 117 Å². The molecule has 0 aliphatic heterocycles. The van der Waals surface area contributed by atoms with Crippen molar-refractivity contribution in [3.8, 4) is 0 Å². The maximum atomic E-state index is 11.7. The second-order valence-electron chi connectivity index (χ2n) is 9.73. The fraction of sp³-hybridized carbons (Fsp3) is 0.808. The second kappa shape index (κ2) is 14.0. The highest BCUT2D eigenvalue weighted by molar-refractivity contribution is 5.81. The first-order valence-electron chi connectivity index (χ1n) is 12.3. The van der Waals surface area contributed by atoms with Crippen molar-refractivity contribution in [1.82, 2.24) is 0 Å². The first-order valence-corrected chi connectivity index (χ1v) is 12.3. The lowest BCUT2D eigenvalue weighted by Crippen LogP contribution is -2.55. The Hall–Kier alpha value is -1.13. The minimum atomic E-state index is -2.48. The van der Waals surface area contributed by atoms with E-state index in [9.17, 15) is 15.0 Å². The summed E-state index contributed by atoms with van der Waals surface area (Å²) in [6.07, 6.45) is 23.8. The zero-order chi connectivity index (χ0) is 22.5. The van der Waals surface area contributed by atoms with Gasteiger partial charge in [-0.05, 0) is 25.2 Å². The van der Waals surface area contributed by atoms with E-state index < -0.39 is 23.0 Å². The molecule has 174 valence electrons. The standard InChI is InChI=1S/C26H47NO3/c1-4-5-6-7-8-9-10-11-12-13-14-15-16-19-23(26(29,30)24(27)28)25(3)20-17-18-22(2)21-25/h17-18,20,23,29-30H,4-16,19,21H2,1-3H3,(H2,27,28). The highest BCUT2D eigenvalue weighted by atomic mass is 16.5. The lowest BCUT2D eigenvalue weighted by molar-refractivity contribution is -0.217. The molecule has 30 heavy (non-hydrogen) atoms. The number of nitrogens with two attached hydrogens (primary N) is 1. The van der Waals surface area contributed by atoms with E-state index in [1.807, 2.05) is 32.1 Å². The Kier molecular flexibility index (Phi) is 12.6. The van der Waals surface area contributed by atoms with Gasteiger partial charge in [-0.2, -0.15) is 0 Å². The number of aliphatic hydroxyl groups is 2. The van der Waals surface area contributed by atoms with E-state index in [0.29, 0.717) is 12.8 Å². The molecule has 1 aliphatic carbocycles. The minimum Gasteiger partial charge on any atom is -0.365 e. The second-order valence-corrected chi connectivity index (χ2v) is 9.73. The van der Waals surface area contributed by atoms with E-state index in [-0.39, 0.29) is 0 Å². The number of amides is 1. The summed E-state index contributed by atoms with van der Waals surface area (Å²) >= 11 is 0. The average molecular weight is 422 g/mol. The average Bonchev–Trinajstić information content (AvgIpc) is 2.67. The predicted octanol–water partition coefficient (Wildman–Crippen LogP) is 6.16. The lowest BCUT2D eigenvalue weighted by Gasteiger charge is -2.42. The van der Waals surface area contributed by atoms with Crippen molar-refractivity contribution < 1.29 is 15.0 Å². The first kappa shape index (κ1) is 26.9. The maximum absolute atomic E-state index is 11.7. The molecular weight excluding hydrogens is 374 g/mol. The van der Waals surface area contributed by atoms with Crippen molar-refractivity contribution in [2.45, 2.75) is 123 Å². The number of hydrogen-bond acceptors (Lipinski definition) is 3. The van der Waals surface area contributed by atoms with Crippen molar-refractivity contribution in [3.63, 3.8) is 0 Å². The molecule has 4 nitrogen and oxygen atoms in total. The summed E-state index contributed by atoms with van der Waals surface area (Å²) in [6.45, 7) is 6.29. The third-order valence-corrected chi connectivity index (χ3v) is 6.76. The van der Waals surface area contributed by atoms with Gasteiger partial charge in [0.2, 0.25) is 5.79 Å². The molecule has 0 aromatic rings. The smallest absolute Gasteiger partial charge is 0.277 e. The summed E-state index contributed by atoms with van der Waals surface area (Å²) in [5, 5.41) is 20.9. The van der Waals surface area contributed by atoms with Crippen LogP contribution in [-0.4, -0.2) is 21.9 Å². The fourth-order valence-corrected chi connectivity index (χ4v) is 4.92. The first-order chi connectivity index (χ1) is 14.2. The SMILES string of the molecule is CCCCCCCCCCCCCCCC(C1(C)C=CC=C(C)C1)C(O)(O)C(N)=O. The van der Waals surface area contributed by atoms with Gasteiger partial charge in [0, 0.05) is 5.92 Å². The van der Waals surface area contributed by atoms with Crippen LogP contribution in [0.5, 0.6) is 0 Å². The van der Waals surface area contributed by atoms with Gasteiger partial charge in [-0.3, -0.25) is 4.79 Å². The van der Waals surface area contributed by atoms with Crippen molar-refractivity contribution in [2.24, 2.45) is 17.1 Å². The van der Waals surface area contributed by atoms with Crippen LogP contribution in [0.4, 0.5) is 0 Å². The quantitative estimate of drug-likeness (QED) is 0.194. The van der Waals surface area contributed by atoms with Crippen molar-refractivity contribution >= 4 is 5.91 Å². The molecule has 2 atom stereocenters. The van der Waals surface area contributed by atoms with Crippen LogP contribution in [0.25, 0.3) is 0 Å². The topological polar surface area (TPSA) is 83.6 Å². The Bertz CT molecular complexity index is 552. The molecule has 0 spiro atoms. The highest BCUT2D eigenvalue weighted by Crippen LogP contribution is 2.45. The molecule has 4 heteroatoms. The molecule has 0 radical (unpaired) electrons. The van der Waals surface area contributed by atoms with Crippen LogP contribution >= 0.6 is 0 Å². The number of hydrogen-bond donors (Lipinski definition) is 3. The Labute approximate surface area is 185 Å². The van der Waals surface area contributed by atoms with Gasteiger partial charge in [-0.15, -0.1) is 0 Å². The van der Waals surface area contributed by atoms with Gasteiger partial charge in [0.05, 0.1) is 0 Å². The zero-order valence-corrected chi connectivity index (χ0v) is 19.8. The number of allylic oxidation sites excluding steroid dienone is 4. The Morgan fingerprint density at radius 3 is 1.90 bits per heavy atom. The molecule has 2 unspecified atom stereocenters. The molecule has 1 aliphatic rings. The van der Waals surface area contributed by atoms with Gasteiger partial charge in [0.15, 0.2) is 0 Å². The van der Waals surface area contributed by atoms with Crippen LogP contribution in [0.15, 0.2) is 23.8 Å². The van der Waals surface area contributed by atoms with E-state index in [2.05, 4.69) is 6.92 Å². The molecule has 0 heterocycles. The van der Waals surface area contributed by atoms with Crippen LogP contribution in [-0.2, 0) is 4.79 Å². The summed E-state index contributed by atoms with van der Waals surface area (Å²) in [6, 6.07) is 0. The highest BCUT2D eigenvalue weighted by Gasteiger charge is 2.49. The lowest BCUT2D eigenvalue weighted by atomic mass is 9.65. The summed E-state index contributed by atoms with van der Waals surface area (Å²) in [7, 11) is 0. The summed E-state index contributed by atoms with van der Waals surface area (Å²) in [5.41, 5.74) is 6.04. The van der Waals surface area contributed by atoms with Crippen LogP contribution < -0.4 is 5.73 Å². The predicted molar refractivity (Wildman–Crippen MR) is 126 cm³/mol. The molecule has 0 aromatic heterocycles. The van der Waals surface area contributed by atoms with Crippen molar-refractivity contribution in [3.05, 3.63) is 23.8 Å². The van der Waals surface area contributed by atoms with Gasteiger partial charge in [0.1, 0.15) is 0 Å². The molecule has 1 rings (SSSR count). The van der Waals surface area contributed by atoms with Gasteiger partial charge in [0.25, 0.3) is 5.91 Å².